The number of piperidine rings is 1. The van der Waals surface area contributed by atoms with Crippen molar-refractivity contribution >= 4 is 6.03 Å². The zero-order chi connectivity index (χ0) is 16.6. The van der Waals surface area contributed by atoms with Gasteiger partial charge in [0.05, 0.1) is 0 Å². The Morgan fingerprint density at radius 3 is 2.57 bits per heavy atom. The van der Waals surface area contributed by atoms with E-state index in [9.17, 15) is 14.3 Å². The van der Waals surface area contributed by atoms with Gasteiger partial charge in [-0.25, -0.2) is 9.18 Å². The van der Waals surface area contributed by atoms with Crippen LogP contribution in [0.15, 0.2) is 24.3 Å². The number of carbonyl (C=O) groups excluding carboxylic acids is 1. The number of amides is 2. The molecule has 5 heteroatoms. The van der Waals surface area contributed by atoms with Crippen LogP contribution < -0.4 is 0 Å². The molecule has 3 rings (SSSR count). The van der Waals surface area contributed by atoms with E-state index < -0.39 is 5.60 Å². The van der Waals surface area contributed by atoms with Gasteiger partial charge in [0.15, 0.2) is 0 Å². The van der Waals surface area contributed by atoms with Crippen LogP contribution in [0.1, 0.15) is 31.2 Å². The highest BCUT2D eigenvalue weighted by atomic mass is 19.1. The third kappa shape index (κ3) is 3.18. The van der Waals surface area contributed by atoms with Crippen LogP contribution in [-0.2, 0) is 0 Å². The van der Waals surface area contributed by atoms with Gasteiger partial charge >= 0.3 is 6.03 Å². The molecule has 2 heterocycles. The van der Waals surface area contributed by atoms with Crippen molar-refractivity contribution in [3.05, 3.63) is 35.6 Å². The molecule has 0 aliphatic carbocycles. The maximum atomic E-state index is 13.2. The fourth-order valence-corrected chi connectivity index (χ4v) is 3.62. The molecule has 2 bridgehead atoms. The summed E-state index contributed by atoms with van der Waals surface area (Å²) in [4.78, 5) is 15.7. The molecule has 2 fully saturated rings. The molecular formula is C18H21FN2O2. The van der Waals surface area contributed by atoms with Gasteiger partial charge in [0.1, 0.15) is 11.4 Å². The van der Waals surface area contributed by atoms with Crippen LogP contribution in [-0.4, -0.2) is 52.7 Å². The molecule has 2 unspecified atom stereocenters. The van der Waals surface area contributed by atoms with Crippen LogP contribution in [0, 0.1) is 17.7 Å². The second kappa shape index (κ2) is 5.86. The van der Waals surface area contributed by atoms with Crippen molar-refractivity contribution in [1.82, 2.24) is 9.80 Å². The normalized spacial score (nSPS) is 29.0. The monoisotopic (exact) mass is 316 g/mol. The maximum Gasteiger partial charge on any atom is 0.319 e. The molecule has 2 aliphatic heterocycles. The highest BCUT2D eigenvalue weighted by molar-refractivity contribution is 5.75. The van der Waals surface area contributed by atoms with E-state index in [-0.39, 0.29) is 23.9 Å². The highest BCUT2D eigenvalue weighted by Crippen LogP contribution is 2.41. The third-order valence-corrected chi connectivity index (χ3v) is 4.63. The number of halogens is 1. The lowest BCUT2D eigenvalue weighted by molar-refractivity contribution is 0.00128. The molecular weight excluding hydrogens is 295 g/mol. The number of nitrogens with zero attached hydrogens (tertiary/aromatic N) is 2. The highest BCUT2D eigenvalue weighted by Gasteiger charge is 2.49. The van der Waals surface area contributed by atoms with E-state index in [4.69, 9.17) is 0 Å². The number of benzene rings is 1. The summed E-state index contributed by atoms with van der Waals surface area (Å²) >= 11 is 0. The minimum atomic E-state index is -1.11. The first-order chi connectivity index (χ1) is 10.9. The van der Waals surface area contributed by atoms with E-state index in [1.54, 1.807) is 31.1 Å². The van der Waals surface area contributed by atoms with Crippen molar-refractivity contribution in [3.63, 3.8) is 0 Å². The van der Waals surface area contributed by atoms with Crippen LogP contribution in [0.3, 0.4) is 0 Å². The number of fused-ring (bicyclic) bond motifs is 2. The standard InChI is InChI=1S/C18H21FN2O2/c1-20(2)17(22)21-15-6-7-16(21)12-18(23,11-15)9-8-13-4-3-5-14(19)10-13/h3-5,10,15-16,23H,6-7,11-12H2,1-2H3. The molecule has 0 spiro atoms. The molecule has 2 saturated heterocycles. The lowest BCUT2D eigenvalue weighted by Crippen LogP contribution is -2.55. The Morgan fingerprint density at radius 2 is 2.00 bits per heavy atom. The van der Waals surface area contributed by atoms with E-state index in [1.165, 1.54) is 12.1 Å². The number of carbonyl (C=O) groups is 1. The fraction of sp³-hybridized carbons (Fsp3) is 0.500. The zero-order valence-corrected chi connectivity index (χ0v) is 13.4. The first-order valence-corrected chi connectivity index (χ1v) is 7.89. The van der Waals surface area contributed by atoms with E-state index in [2.05, 4.69) is 11.8 Å². The average molecular weight is 316 g/mol. The minimum absolute atomic E-state index is 0.00219. The first-order valence-electron chi connectivity index (χ1n) is 7.89. The van der Waals surface area contributed by atoms with Gasteiger partial charge in [-0.15, -0.1) is 0 Å². The van der Waals surface area contributed by atoms with Crippen LogP contribution >= 0.6 is 0 Å². The lowest BCUT2D eigenvalue weighted by Gasteiger charge is -2.42. The van der Waals surface area contributed by atoms with Crippen LogP contribution in [0.5, 0.6) is 0 Å². The van der Waals surface area contributed by atoms with E-state index in [0.29, 0.717) is 18.4 Å². The van der Waals surface area contributed by atoms with Gasteiger partial charge in [0, 0.05) is 44.6 Å². The van der Waals surface area contributed by atoms with Gasteiger partial charge in [-0.2, -0.15) is 0 Å². The second-order valence-corrected chi connectivity index (χ2v) is 6.67. The van der Waals surface area contributed by atoms with Crippen molar-refractivity contribution in [3.8, 4) is 11.8 Å². The quantitative estimate of drug-likeness (QED) is 0.746. The predicted molar refractivity (Wildman–Crippen MR) is 85.2 cm³/mol. The van der Waals surface area contributed by atoms with Crippen LogP contribution in [0.4, 0.5) is 9.18 Å². The minimum Gasteiger partial charge on any atom is -0.377 e. The molecule has 1 aromatic rings. The van der Waals surface area contributed by atoms with E-state index in [1.807, 2.05) is 4.90 Å². The van der Waals surface area contributed by atoms with Gasteiger partial charge in [0.25, 0.3) is 0 Å². The molecule has 0 saturated carbocycles. The number of hydrogen-bond acceptors (Lipinski definition) is 2. The zero-order valence-electron chi connectivity index (χ0n) is 13.4. The largest absolute Gasteiger partial charge is 0.377 e. The summed E-state index contributed by atoms with van der Waals surface area (Å²) in [6.45, 7) is 0. The number of rotatable bonds is 0. The van der Waals surface area contributed by atoms with E-state index >= 15 is 0 Å². The Bertz CT molecular complexity index is 663. The summed E-state index contributed by atoms with van der Waals surface area (Å²) in [5, 5.41) is 10.8. The molecule has 23 heavy (non-hydrogen) atoms. The Balaban J connectivity index is 1.78. The smallest absolute Gasteiger partial charge is 0.319 e. The van der Waals surface area contributed by atoms with Gasteiger partial charge in [0.2, 0.25) is 0 Å². The molecule has 0 radical (unpaired) electrons. The number of aliphatic hydroxyl groups is 1. The Labute approximate surface area is 135 Å². The molecule has 4 nitrogen and oxygen atoms in total. The van der Waals surface area contributed by atoms with E-state index in [0.717, 1.165) is 12.8 Å². The van der Waals surface area contributed by atoms with Gasteiger partial charge in [-0.3, -0.25) is 0 Å². The van der Waals surface area contributed by atoms with Gasteiger partial charge < -0.3 is 14.9 Å². The summed E-state index contributed by atoms with van der Waals surface area (Å²) < 4.78 is 13.2. The van der Waals surface area contributed by atoms with Crippen molar-refractivity contribution in [2.45, 2.75) is 43.4 Å². The lowest BCUT2D eigenvalue weighted by atomic mass is 9.86. The third-order valence-electron chi connectivity index (χ3n) is 4.63. The predicted octanol–water partition coefficient (Wildman–Crippen LogP) is 2.22. The number of urea groups is 1. The molecule has 2 atom stereocenters. The molecule has 122 valence electrons. The van der Waals surface area contributed by atoms with Crippen molar-refractivity contribution in [1.29, 1.82) is 0 Å². The molecule has 1 N–H and O–H groups in total. The second-order valence-electron chi connectivity index (χ2n) is 6.67. The van der Waals surface area contributed by atoms with Crippen molar-refractivity contribution < 1.29 is 14.3 Å². The Hall–Kier alpha value is -2.06. The summed E-state index contributed by atoms with van der Waals surface area (Å²) in [6, 6.07) is 6.09. The summed E-state index contributed by atoms with van der Waals surface area (Å²) in [6.07, 6.45) is 2.69. The van der Waals surface area contributed by atoms with Crippen molar-refractivity contribution in [2.24, 2.45) is 0 Å². The molecule has 2 amide bonds. The summed E-state index contributed by atoms with van der Waals surface area (Å²) in [5.74, 6) is 5.46. The maximum absolute atomic E-state index is 13.2. The van der Waals surface area contributed by atoms with Crippen LogP contribution in [0.25, 0.3) is 0 Å². The molecule has 1 aromatic carbocycles. The SMILES string of the molecule is CN(C)C(=O)N1C2CCC1CC(O)(C#Cc1cccc(F)c1)C2. The average Bonchev–Trinajstić information content (AvgIpc) is 2.77. The number of hydrogen-bond donors (Lipinski definition) is 1. The fourth-order valence-electron chi connectivity index (χ4n) is 3.62. The molecule has 0 aromatic heterocycles. The van der Waals surface area contributed by atoms with Gasteiger partial charge in [-0.1, -0.05) is 17.9 Å². The van der Waals surface area contributed by atoms with Crippen LogP contribution in [0.2, 0.25) is 0 Å². The van der Waals surface area contributed by atoms with Gasteiger partial charge in [-0.05, 0) is 31.0 Å². The summed E-state index contributed by atoms with van der Waals surface area (Å²) in [7, 11) is 3.48. The first kappa shape index (κ1) is 15.8. The van der Waals surface area contributed by atoms with Crippen molar-refractivity contribution in [2.75, 3.05) is 14.1 Å². The Kier molecular flexibility index (Phi) is 4.03. The summed E-state index contributed by atoms with van der Waals surface area (Å²) in [5.41, 5.74) is -0.557. The molecule has 2 aliphatic rings. The Morgan fingerprint density at radius 1 is 1.35 bits per heavy atom. The topological polar surface area (TPSA) is 43.8 Å².